The molecule has 3 fully saturated rings. The molecule has 0 radical (unpaired) electrons. The van der Waals surface area contributed by atoms with Crippen molar-refractivity contribution in [1.29, 1.82) is 0 Å². The molecule has 9 rings (SSSR count). The van der Waals surface area contributed by atoms with Crippen molar-refractivity contribution in [3.63, 3.8) is 0 Å². The molecule has 1 aromatic carbocycles. The fourth-order valence-electron chi connectivity index (χ4n) is 10.2. The Labute approximate surface area is 243 Å². The molecule has 6 atom stereocenters. The van der Waals surface area contributed by atoms with Gasteiger partial charge in [-0.15, -0.1) is 0 Å². The van der Waals surface area contributed by atoms with Gasteiger partial charge >= 0.3 is 0 Å². The predicted molar refractivity (Wildman–Crippen MR) is 165 cm³/mol. The quantitative estimate of drug-likeness (QED) is 0.327. The minimum absolute atomic E-state index is 0.170. The fourth-order valence-corrected chi connectivity index (χ4v) is 10.2. The third-order valence-electron chi connectivity index (χ3n) is 11.5. The molecule has 1 spiro atoms. The van der Waals surface area contributed by atoms with Crippen molar-refractivity contribution in [2.45, 2.75) is 81.6 Å². The maximum Gasteiger partial charge on any atom is 0.143 e. The Morgan fingerprint density at radius 2 is 1.78 bits per heavy atom. The number of fused-ring (bicyclic) bond motifs is 4. The van der Waals surface area contributed by atoms with Gasteiger partial charge in [-0.2, -0.15) is 0 Å². The van der Waals surface area contributed by atoms with Gasteiger partial charge in [-0.25, -0.2) is 0 Å². The van der Waals surface area contributed by atoms with Gasteiger partial charge in [0.25, 0.3) is 0 Å². The lowest BCUT2D eigenvalue weighted by Crippen LogP contribution is -2.65. The molecular formula is C36H42N4O. The zero-order valence-corrected chi connectivity index (χ0v) is 24.2. The van der Waals surface area contributed by atoms with Crippen LogP contribution in [-0.4, -0.2) is 63.3 Å². The highest BCUT2D eigenvalue weighted by Crippen LogP contribution is 2.70. The van der Waals surface area contributed by atoms with E-state index in [1.165, 1.54) is 92.0 Å². The SMILES string of the molecule is C1=C(c2nccc3c2[nH]c2ccccc23)[C@@H]2CCN3CCCC/C=C\CC[C@]14O[C@@]15/C=C\CCCCN1[C@@H]4[C@]2(C3)C5. The van der Waals surface area contributed by atoms with Crippen LogP contribution in [0.25, 0.3) is 27.4 Å². The third kappa shape index (κ3) is 3.49. The molecule has 6 aliphatic rings. The monoisotopic (exact) mass is 546 g/mol. The van der Waals surface area contributed by atoms with E-state index in [1.807, 2.05) is 6.20 Å². The molecule has 0 saturated carbocycles. The Bertz CT molecular complexity index is 1600. The fraction of sp³-hybridized carbons (Fsp3) is 0.528. The molecule has 1 aliphatic carbocycles. The van der Waals surface area contributed by atoms with Gasteiger partial charge in [0.05, 0.1) is 17.3 Å². The second-order valence-corrected chi connectivity index (χ2v) is 13.8. The second kappa shape index (κ2) is 9.13. The highest BCUT2D eigenvalue weighted by molar-refractivity contribution is 6.09. The first-order chi connectivity index (χ1) is 20.2. The summed E-state index contributed by atoms with van der Waals surface area (Å²) in [5.41, 5.74) is 4.61. The number of H-pyrrole nitrogens is 1. The third-order valence-corrected chi connectivity index (χ3v) is 11.5. The molecule has 5 bridgehead atoms. The number of aromatic nitrogens is 2. The Hall–Kier alpha value is -2.73. The topological polar surface area (TPSA) is 44.4 Å². The standard InChI is InChI=1S/C36H42N4O/c1-2-5-11-20-39-22-16-29-28(31-32-27(15-19-37-31)26-13-7-8-14-30(26)38-32)23-35(17-9-3-1)33-34(29,25-39)24-36(41-35)18-10-4-6-12-21-40(33)36/h1,3,7-8,10,13-15,18-19,23,29,33,38H,2,4-6,9,11-12,16-17,20-22,24-25H2/b3-1-,18-10-/t29-,33+,34-,35-,36+/m0/s1. The van der Waals surface area contributed by atoms with Gasteiger partial charge in [0, 0.05) is 47.4 Å². The van der Waals surface area contributed by atoms with E-state index < -0.39 is 0 Å². The normalized spacial score (nSPS) is 40.2. The number of benzene rings is 1. The molecule has 212 valence electrons. The largest absolute Gasteiger partial charge is 0.353 e. The molecule has 5 nitrogen and oxygen atoms in total. The van der Waals surface area contributed by atoms with E-state index in [4.69, 9.17) is 9.72 Å². The second-order valence-electron chi connectivity index (χ2n) is 13.8. The number of pyridine rings is 1. The van der Waals surface area contributed by atoms with Crippen LogP contribution in [0.3, 0.4) is 0 Å². The summed E-state index contributed by atoms with van der Waals surface area (Å²) in [6.45, 7) is 4.75. The van der Waals surface area contributed by atoms with E-state index in [1.54, 1.807) is 0 Å². The lowest BCUT2D eigenvalue weighted by molar-refractivity contribution is -0.154. The lowest BCUT2D eigenvalue weighted by atomic mass is 9.53. The van der Waals surface area contributed by atoms with E-state index >= 15 is 0 Å². The predicted octanol–water partition coefficient (Wildman–Crippen LogP) is 7.22. The zero-order valence-electron chi connectivity index (χ0n) is 24.2. The van der Waals surface area contributed by atoms with E-state index in [0.717, 1.165) is 31.5 Å². The number of ether oxygens (including phenoxy) is 1. The highest BCUT2D eigenvalue weighted by Gasteiger charge is 2.76. The Morgan fingerprint density at radius 3 is 2.76 bits per heavy atom. The molecule has 7 heterocycles. The number of hydrogen-bond acceptors (Lipinski definition) is 4. The molecule has 2 aromatic heterocycles. The number of hydrogen-bond donors (Lipinski definition) is 1. The van der Waals surface area contributed by atoms with Crippen molar-refractivity contribution in [3.05, 3.63) is 72.6 Å². The van der Waals surface area contributed by atoms with Crippen molar-refractivity contribution in [2.75, 3.05) is 26.2 Å². The highest BCUT2D eigenvalue weighted by atomic mass is 16.6. The van der Waals surface area contributed by atoms with E-state index in [2.05, 4.69) is 75.5 Å². The molecule has 5 heteroatoms. The van der Waals surface area contributed by atoms with Crippen LogP contribution in [-0.2, 0) is 4.74 Å². The van der Waals surface area contributed by atoms with E-state index in [0.29, 0.717) is 12.0 Å². The molecule has 3 aromatic rings. The van der Waals surface area contributed by atoms with Gasteiger partial charge in [0.1, 0.15) is 11.3 Å². The molecule has 3 saturated heterocycles. The van der Waals surface area contributed by atoms with E-state index in [9.17, 15) is 0 Å². The minimum Gasteiger partial charge on any atom is -0.353 e. The van der Waals surface area contributed by atoms with E-state index in [-0.39, 0.29) is 16.7 Å². The number of nitrogens with one attached hydrogen (secondary N) is 1. The first-order valence-corrected chi connectivity index (χ1v) is 16.3. The molecule has 5 aliphatic heterocycles. The molecule has 0 amide bonds. The smallest absolute Gasteiger partial charge is 0.143 e. The summed E-state index contributed by atoms with van der Waals surface area (Å²) in [6.07, 6.45) is 26.4. The summed E-state index contributed by atoms with van der Waals surface area (Å²) in [5, 5.41) is 2.58. The van der Waals surface area contributed by atoms with Crippen LogP contribution in [0, 0.1) is 11.3 Å². The van der Waals surface area contributed by atoms with Crippen LogP contribution >= 0.6 is 0 Å². The van der Waals surface area contributed by atoms with Gasteiger partial charge < -0.3 is 14.6 Å². The number of nitrogens with zero attached hydrogens (tertiary/aromatic N) is 3. The summed E-state index contributed by atoms with van der Waals surface area (Å²) in [6, 6.07) is 11.3. The number of aromatic amines is 1. The first kappa shape index (κ1) is 24.8. The molecule has 1 N–H and O–H groups in total. The average Bonchev–Trinajstić information content (AvgIpc) is 3.55. The van der Waals surface area contributed by atoms with Crippen molar-refractivity contribution >= 4 is 27.4 Å². The van der Waals surface area contributed by atoms with Crippen LogP contribution in [0.5, 0.6) is 0 Å². The Morgan fingerprint density at radius 1 is 0.902 bits per heavy atom. The van der Waals surface area contributed by atoms with Gasteiger partial charge in [0.2, 0.25) is 0 Å². The lowest BCUT2D eigenvalue weighted by Gasteiger charge is -2.59. The maximum atomic E-state index is 7.55. The van der Waals surface area contributed by atoms with Crippen molar-refractivity contribution in [3.8, 4) is 0 Å². The van der Waals surface area contributed by atoms with Gasteiger partial charge in [0.15, 0.2) is 0 Å². The summed E-state index contributed by atoms with van der Waals surface area (Å²) in [4.78, 5) is 14.7. The minimum atomic E-state index is -0.296. The summed E-state index contributed by atoms with van der Waals surface area (Å²) >= 11 is 0. The van der Waals surface area contributed by atoms with Crippen LogP contribution in [0.4, 0.5) is 0 Å². The van der Waals surface area contributed by atoms with Crippen LogP contribution in [0.2, 0.25) is 0 Å². The average molecular weight is 547 g/mol. The summed E-state index contributed by atoms with van der Waals surface area (Å²) < 4.78 is 7.55. The number of rotatable bonds is 1. The number of para-hydroxylation sites is 1. The van der Waals surface area contributed by atoms with Gasteiger partial charge in [-0.05, 0) is 107 Å². The number of allylic oxidation sites excluding steroid dienone is 4. The van der Waals surface area contributed by atoms with Crippen LogP contribution in [0.15, 0.2) is 66.9 Å². The van der Waals surface area contributed by atoms with Crippen LogP contribution in [0.1, 0.15) is 69.9 Å². The molecular weight excluding hydrogens is 504 g/mol. The molecule has 41 heavy (non-hydrogen) atoms. The Kier molecular flexibility index (Phi) is 5.53. The summed E-state index contributed by atoms with van der Waals surface area (Å²) in [5.74, 6) is 0.490. The van der Waals surface area contributed by atoms with Crippen molar-refractivity contribution in [1.82, 2.24) is 19.8 Å². The van der Waals surface area contributed by atoms with Crippen molar-refractivity contribution < 1.29 is 4.74 Å². The Balaban J connectivity index is 1.29. The number of piperidine rings is 1. The van der Waals surface area contributed by atoms with Crippen molar-refractivity contribution in [2.24, 2.45) is 11.3 Å². The summed E-state index contributed by atoms with van der Waals surface area (Å²) in [7, 11) is 0. The van der Waals surface area contributed by atoms with Gasteiger partial charge in [-0.1, -0.05) is 36.4 Å². The maximum absolute atomic E-state index is 7.55. The first-order valence-electron chi connectivity index (χ1n) is 16.3. The molecule has 1 unspecified atom stereocenters. The zero-order chi connectivity index (χ0) is 27.1. The van der Waals surface area contributed by atoms with Gasteiger partial charge in [-0.3, -0.25) is 9.88 Å². The van der Waals surface area contributed by atoms with Crippen LogP contribution < -0.4 is 0 Å².